The standard InChI is InChI=1S/C11H15F2NO/c1-7-4-5-8(12)9(10(7)13)11(2,14)6-15-3/h4-5H,6,14H2,1-3H3. The second kappa shape index (κ2) is 4.24. The zero-order chi connectivity index (χ0) is 11.6. The fourth-order valence-electron chi connectivity index (χ4n) is 1.55. The molecule has 84 valence electrons. The molecule has 1 aromatic carbocycles. The van der Waals surface area contributed by atoms with Gasteiger partial charge in [0.1, 0.15) is 11.6 Å². The summed E-state index contributed by atoms with van der Waals surface area (Å²) in [7, 11) is 1.44. The molecule has 4 heteroatoms. The van der Waals surface area contributed by atoms with E-state index in [9.17, 15) is 8.78 Å². The van der Waals surface area contributed by atoms with Crippen molar-refractivity contribution in [2.45, 2.75) is 19.4 Å². The van der Waals surface area contributed by atoms with Crippen LogP contribution in [0.4, 0.5) is 8.78 Å². The third-order valence-corrected chi connectivity index (χ3v) is 2.30. The average Bonchev–Trinajstić information content (AvgIpc) is 2.11. The van der Waals surface area contributed by atoms with Gasteiger partial charge >= 0.3 is 0 Å². The van der Waals surface area contributed by atoms with E-state index in [-0.39, 0.29) is 12.2 Å². The summed E-state index contributed by atoms with van der Waals surface area (Å²) in [6.07, 6.45) is 0. The van der Waals surface area contributed by atoms with Gasteiger partial charge in [-0.1, -0.05) is 6.07 Å². The number of methoxy groups -OCH3 is 1. The zero-order valence-corrected chi connectivity index (χ0v) is 9.10. The first-order valence-corrected chi connectivity index (χ1v) is 4.63. The minimum Gasteiger partial charge on any atom is -0.382 e. The molecular weight excluding hydrogens is 200 g/mol. The molecule has 0 heterocycles. The molecule has 1 unspecified atom stereocenters. The summed E-state index contributed by atoms with van der Waals surface area (Å²) in [5.74, 6) is -1.24. The number of halogens is 2. The van der Waals surface area contributed by atoms with E-state index >= 15 is 0 Å². The van der Waals surface area contributed by atoms with Crippen molar-refractivity contribution in [3.05, 3.63) is 34.9 Å². The van der Waals surface area contributed by atoms with Crippen LogP contribution in [0.2, 0.25) is 0 Å². The van der Waals surface area contributed by atoms with Crippen molar-refractivity contribution in [3.8, 4) is 0 Å². The van der Waals surface area contributed by atoms with E-state index in [1.54, 1.807) is 6.92 Å². The number of hydrogen-bond acceptors (Lipinski definition) is 2. The van der Waals surface area contributed by atoms with E-state index in [0.717, 1.165) is 0 Å². The van der Waals surface area contributed by atoms with Gasteiger partial charge in [-0.15, -0.1) is 0 Å². The third-order valence-electron chi connectivity index (χ3n) is 2.30. The fourth-order valence-corrected chi connectivity index (χ4v) is 1.55. The molecule has 1 aromatic rings. The summed E-state index contributed by atoms with van der Waals surface area (Å²) < 4.78 is 32.0. The maximum atomic E-state index is 13.7. The molecule has 15 heavy (non-hydrogen) atoms. The Morgan fingerprint density at radius 2 is 2.00 bits per heavy atom. The SMILES string of the molecule is COCC(C)(N)c1c(F)ccc(C)c1F. The van der Waals surface area contributed by atoms with E-state index in [1.165, 1.54) is 26.2 Å². The van der Waals surface area contributed by atoms with Crippen molar-refractivity contribution in [2.75, 3.05) is 13.7 Å². The van der Waals surface area contributed by atoms with Gasteiger partial charge in [0, 0.05) is 12.7 Å². The van der Waals surface area contributed by atoms with Crippen LogP contribution in [0.15, 0.2) is 12.1 Å². The number of hydrogen-bond donors (Lipinski definition) is 1. The minimum atomic E-state index is -1.16. The van der Waals surface area contributed by atoms with E-state index in [1.807, 2.05) is 0 Å². The molecule has 1 rings (SSSR count). The van der Waals surface area contributed by atoms with Gasteiger partial charge in [-0.2, -0.15) is 0 Å². The number of aryl methyl sites for hydroxylation is 1. The van der Waals surface area contributed by atoms with Gasteiger partial charge in [-0.3, -0.25) is 0 Å². The molecule has 0 saturated carbocycles. The Morgan fingerprint density at radius 3 is 2.53 bits per heavy atom. The first-order valence-electron chi connectivity index (χ1n) is 4.63. The van der Waals surface area contributed by atoms with E-state index in [4.69, 9.17) is 10.5 Å². The van der Waals surface area contributed by atoms with Gasteiger partial charge < -0.3 is 10.5 Å². The van der Waals surface area contributed by atoms with Gasteiger partial charge in [0.2, 0.25) is 0 Å². The Labute approximate surface area is 88.0 Å². The highest BCUT2D eigenvalue weighted by Crippen LogP contribution is 2.26. The monoisotopic (exact) mass is 215 g/mol. The van der Waals surface area contributed by atoms with Gasteiger partial charge in [0.15, 0.2) is 0 Å². The lowest BCUT2D eigenvalue weighted by atomic mass is 9.91. The predicted octanol–water partition coefficient (Wildman–Crippen LogP) is 2.09. The van der Waals surface area contributed by atoms with Crippen molar-refractivity contribution in [1.82, 2.24) is 0 Å². The molecule has 0 bridgehead atoms. The van der Waals surface area contributed by atoms with E-state index < -0.39 is 17.2 Å². The third kappa shape index (κ3) is 2.33. The van der Waals surface area contributed by atoms with E-state index in [0.29, 0.717) is 5.56 Å². The van der Waals surface area contributed by atoms with E-state index in [2.05, 4.69) is 0 Å². The normalized spacial score (nSPS) is 15.1. The highest BCUT2D eigenvalue weighted by molar-refractivity contribution is 5.32. The number of nitrogens with two attached hydrogens (primary N) is 1. The van der Waals surface area contributed by atoms with Crippen LogP contribution in [-0.4, -0.2) is 13.7 Å². The molecule has 0 aliphatic heterocycles. The van der Waals surface area contributed by atoms with Crippen molar-refractivity contribution in [2.24, 2.45) is 5.73 Å². The lowest BCUT2D eigenvalue weighted by Gasteiger charge is -2.25. The molecule has 0 aliphatic rings. The largest absolute Gasteiger partial charge is 0.382 e. The number of benzene rings is 1. The smallest absolute Gasteiger partial charge is 0.134 e. The summed E-state index contributed by atoms with van der Waals surface area (Å²) in [6.45, 7) is 3.17. The van der Waals surface area contributed by atoms with Crippen LogP contribution in [0, 0.1) is 18.6 Å². The second-order valence-corrected chi connectivity index (χ2v) is 3.90. The Morgan fingerprint density at radius 1 is 1.40 bits per heavy atom. The quantitative estimate of drug-likeness (QED) is 0.838. The molecule has 2 nitrogen and oxygen atoms in total. The summed E-state index contributed by atoms with van der Waals surface area (Å²) in [5.41, 5.74) is 4.91. The maximum Gasteiger partial charge on any atom is 0.134 e. The Balaban J connectivity index is 3.29. The molecule has 0 amide bonds. The highest BCUT2D eigenvalue weighted by atomic mass is 19.1. The Bertz CT molecular complexity index is 364. The predicted molar refractivity (Wildman–Crippen MR) is 54.5 cm³/mol. The van der Waals surface area contributed by atoms with Crippen LogP contribution in [-0.2, 0) is 10.3 Å². The zero-order valence-electron chi connectivity index (χ0n) is 9.10. The van der Waals surface area contributed by atoms with Crippen LogP contribution in [0.3, 0.4) is 0 Å². The summed E-state index contributed by atoms with van der Waals surface area (Å²) in [5, 5.41) is 0. The average molecular weight is 215 g/mol. The van der Waals surface area contributed by atoms with Crippen molar-refractivity contribution in [3.63, 3.8) is 0 Å². The topological polar surface area (TPSA) is 35.2 Å². The molecule has 0 spiro atoms. The molecule has 2 N–H and O–H groups in total. The van der Waals surface area contributed by atoms with Crippen molar-refractivity contribution in [1.29, 1.82) is 0 Å². The van der Waals surface area contributed by atoms with Crippen LogP contribution in [0.25, 0.3) is 0 Å². The molecule has 0 saturated heterocycles. The molecule has 0 aromatic heterocycles. The molecule has 0 aliphatic carbocycles. The lowest BCUT2D eigenvalue weighted by molar-refractivity contribution is 0.136. The number of ether oxygens (including phenoxy) is 1. The van der Waals surface area contributed by atoms with Crippen molar-refractivity contribution < 1.29 is 13.5 Å². The van der Waals surface area contributed by atoms with Gasteiger partial charge in [0.05, 0.1) is 12.1 Å². The fraction of sp³-hybridized carbons (Fsp3) is 0.455. The highest BCUT2D eigenvalue weighted by Gasteiger charge is 2.29. The second-order valence-electron chi connectivity index (χ2n) is 3.90. The van der Waals surface area contributed by atoms with Gasteiger partial charge in [-0.25, -0.2) is 8.78 Å². The molecule has 0 radical (unpaired) electrons. The summed E-state index contributed by atoms with van der Waals surface area (Å²) in [4.78, 5) is 0. The summed E-state index contributed by atoms with van der Waals surface area (Å²) in [6, 6.07) is 2.60. The van der Waals surface area contributed by atoms with Crippen LogP contribution < -0.4 is 5.73 Å². The number of rotatable bonds is 3. The molecule has 0 fully saturated rings. The van der Waals surface area contributed by atoms with Gasteiger partial charge in [-0.05, 0) is 25.5 Å². The van der Waals surface area contributed by atoms with Crippen LogP contribution >= 0.6 is 0 Å². The minimum absolute atomic E-state index is 0.0598. The summed E-state index contributed by atoms with van der Waals surface area (Å²) >= 11 is 0. The Kier molecular flexibility index (Phi) is 3.42. The maximum absolute atomic E-state index is 13.7. The first-order chi connectivity index (χ1) is 6.90. The molecular formula is C11H15F2NO. The lowest BCUT2D eigenvalue weighted by Crippen LogP contribution is -2.39. The van der Waals surface area contributed by atoms with Crippen LogP contribution in [0.1, 0.15) is 18.1 Å². The molecule has 1 atom stereocenters. The first kappa shape index (κ1) is 12.1. The Hall–Kier alpha value is -1.00. The van der Waals surface area contributed by atoms with Crippen molar-refractivity contribution >= 4 is 0 Å². The van der Waals surface area contributed by atoms with Gasteiger partial charge in [0.25, 0.3) is 0 Å². The van der Waals surface area contributed by atoms with Crippen LogP contribution in [0.5, 0.6) is 0 Å².